The van der Waals surface area contributed by atoms with Gasteiger partial charge in [0.15, 0.2) is 9.84 Å². The number of amides is 2. The summed E-state index contributed by atoms with van der Waals surface area (Å²) in [7, 11) is -3.72. The number of nitrogens with zero attached hydrogens (tertiary/aromatic N) is 1. The molecule has 1 aromatic rings. The van der Waals surface area contributed by atoms with Gasteiger partial charge in [0, 0.05) is 13.1 Å². The highest BCUT2D eigenvalue weighted by molar-refractivity contribution is 7.91. The number of sulfone groups is 1. The average molecular weight is 358 g/mol. The zero-order chi connectivity index (χ0) is 17.9. The maximum absolute atomic E-state index is 13.4. The van der Waals surface area contributed by atoms with Crippen molar-refractivity contribution in [1.82, 2.24) is 4.90 Å². The zero-order valence-electron chi connectivity index (χ0n) is 13.2. The lowest BCUT2D eigenvalue weighted by molar-refractivity contribution is -0.143. The normalized spacial score (nSPS) is 18.2. The molecule has 1 heterocycles. The van der Waals surface area contributed by atoms with Crippen molar-refractivity contribution in [2.24, 2.45) is 5.92 Å². The van der Waals surface area contributed by atoms with E-state index in [9.17, 15) is 22.4 Å². The smallest absolute Gasteiger partial charge is 0.321 e. The van der Waals surface area contributed by atoms with Crippen LogP contribution >= 0.6 is 0 Å². The minimum Gasteiger partial charge on any atom is -0.481 e. The number of hydrogen-bond donors (Lipinski definition) is 2. The molecule has 0 aromatic heterocycles. The number of halogens is 1. The van der Waals surface area contributed by atoms with Crippen molar-refractivity contribution in [3.63, 3.8) is 0 Å². The largest absolute Gasteiger partial charge is 0.481 e. The van der Waals surface area contributed by atoms with Gasteiger partial charge in [-0.1, -0.05) is 6.92 Å². The molecule has 0 saturated carbocycles. The molecule has 2 N–H and O–H groups in total. The molecule has 9 heteroatoms. The topological polar surface area (TPSA) is 104 Å². The molecule has 1 unspecified atom stereocenters. The third-order valence-electron chi connectivity index (χ3n) is 3.96. The molecule has 1 aromatic carbocycles. The monoisotopic (exact) mass is 358 g/mol. The molecule has 2 amide bonds. The second kappa shape index (κ2) is 7.16. The second-order valence-electron chi connectivity index (χ2n) is 5.60. The van der Waals surface area contributed by atoms with E-state index in [0.717, 1.165) is 12.1 Å². The van der Waals surface area contributed by atoms with Crippen LogP contribution in [0.5, 0.6) is 0 Å². The maximum Gasteiger partial charge on any atom is 0.321 e. The lowest BCUT2D eigenvalue weighted by Crippen LogP contribution is -2.44. The van der Waals surface area contributed by atoms with Crippen LogP contribution in [0.25, 0.3) is 0 Å². The van der Waals surface area contributed by atoms with Crippen molar-refractivity contribution in [2.75, 3.05) is 24.2 Å². The molecule has 0 spiro atoms. The Balaban J connectivity index is 2.22. The van der Waals surface area contributed by atoms with Gasteiger partial charge in [-0.25, -0.2) is 17.6 Å². The fourth-order valence-corrected chi connectivity index (χ4v) is 3.63. The van der Waals surface area contributed by atoms with Crippen LogP contribution in [-0.2, 0) is 14.6 Å². The number of carbonyl (C=O) groups excluding carboxylic acids is 1. The van der Waals surface area contributed by atoms with E-state index in [4.69, 9.17) is 5.11 Å². The molecule has 0 radical (unpaired) electrons. The highest BCUT2D eigenvalue weighted by Crippen LogP contribution is 2.25. The van der Waals surface area contributed by atoms with E-state index in [0.29, 0.717) is 19.4 Å². The van der Waals surface area contributed by atoms with Crippen molar-refractivity contribution in [2.45, 2.75) is 24.7 Å². The van der Waals surface area contributed by atoms with Crippen LogP contribution in [0.1, 0.15) is 19.8 Å². The molecule has 132 valence electrons. The third-order valence-corrected chi connectivity index (χ3v) is 5.73. The number of anilines is 1. The van der Waals surface area contributed by atoms with E-state index in [1.165, 1.54) is 17.9 Å². The number of nitrogens with one attached hydrogen (secondary N) is 1. The Labute approximate surface area is 139 Å². The Morgan fingerprint density at radius 1 is 1.42 bits per heavy atom. The molecule has 1 saturated heterocycles. The van der Waals surface area contributed by atoms with Gasteiger partial charge in [0.05, 0.1) is 22.3 Å². The molecule has 2 rings (SSSR count). The summed E-state index contributed by atoms with van der Waals surface area (Å²) in [6.45, 7) is 1.86. The van der Waals surface area contributed by atoms with Crippen LogP contribution in [0.15, 0.2) is 23.1 Å². The molecule has 1 aliphatic rings. The van der Waals surface area contributed by atoms with Crippen molar-refractivity contribution >= 4 is 27.5 Å². The Morgan fingerprint density at radius 2 is 2.12 bits per heavy atom. The number of rotatable bonds is 4. The molecule has 1 fully saturated rings. The Hall–Kier alpha value is -2.16. The molecular weight excluding hydrogens is 339 g/mol. The molecule has 0 aliphatic carbocycles. The van der Waals surface area contributed by atoms with Gasteiger partial charge >= 0.3 is 12.0 Å². The standard InChI is InChI=1S/C15H19FN2O5S/c1-2-24(22,23)13-8-11(16)5-6-12(13)17-15(21)18-7-3-4-10(9-18)14(19)20/h5-6,8,10H,2-4,7,9H2,1H3,(H,17,21)(H,19,20). The summed E-state index contributed by atoms with van der Waals surface area (Å²) < 4.78 is 37.5. The molecular formula is C15H19FN2O5S. The summed E-state index contributed by atoms with van der Waals surface area (Å²) >= 11 is 0. The molecule has 24 heavy (non-hydrogen) atoms. The number of piperidine rings is 1. The number of urea groups is 1. The molecule has 1 aliphatic heterocycles. The predicted octanol–water partition coefficient (Wildman–Crippen LogP) is 1.95. The van der Waals surface area contributed by atoms with Gasteiger partial charge in [0.25, 0.3) is 0 Å². The number of carboxylic acid groups (broad SMARTS) is 1. The number of carbonyl (C=O) groups is 2. The van der Waals surface area contributed by atoms with Crippen LogP contribution in [0.3, 0.4) is 0 Å². The van der Waals surface area contributed by atoms with E-state index in [2.05, 4.69) is 5.32 Å². The molecule has 1 atom stereocenters. The summed E-state index contributed by atoms with van der Waals surface area (Å²) in [5, 5.41) is 11.5. The maximum atomic E-state index is 13.4. The first-order valence-electron chi connectivity index (χ1n) is 7.55. The first kappa shape index (κ1) is 18.2. The van der Waals surface area contributed by atoms with E-state index in [1.54, 1.807) is 0 Å². The lowest BCUT2D eigenvalue weighted by Gasteiger charge is -2.30. The minimum absolute atomic E-state index is 0.0132. The van der Waals surface area contributed by atoms with Crippen molar-refractivity contribution in [3.05, 3.63) is 24.0 Å². The summed E-state index contributed by atoms with van der Waals surface area (Å²) in [5.41, 5.74) is -0.0132. The highest BCUT2D eigenvalue weighted by atomic mass is 32.2. The number of carboxylic acids is 1. The summed E-state index contributed by atoms with van der Waals surface area (Å²) in [6, 6.07) is 2.51. The van der Waals surface area contributed by atoms with E-state index in [1.807, 2.05) is 0 Å². The van der Waals surface area contributed by atoms with Gasteiger partial charge in [-0.3, -0.25) is 4.79 Å². The lowest BCUT2D eigenvalue weighted by atomic mass is 9.99. The first-order valence-corrected chi connectivity index (χ1v) is 9.21. The van der Waals surface area contributed by atoms with Gasteiger partial charge in [0.2, 0.25) is 0 Å². The highest BCUT2D eigenvalue weighted by Gasteiger charge is 2.29. The van der Waals surface area contributed by atoms with Crippen LogP contribution in [0.4, 0.5) is 14.9 Å². The number of hydrogen-bond acceptors (Lipinski definition) is 4. The quantitative estimate of drug-likeness (QED) is 0.856. The third kappa shape index (κ3) is 4.02. The van der Waals surface area contributed by atoms with Crippen molar-refractivity contribution in [1.29, 1.82) is 0 Å². The minimum atomic E-state index is -3.72. The Kier molecular flexibility index (Phi) is 5.43. The summed E-state index contributed by atoms with van der Waals surface area (Å²) in [5.74, 6) is -2.56. The van der Waals surface area contributed by atoms with E-state index in [-0.39, 0.29) is 22.9 Å². The fraction of sp³-hybridized carbons (Fsp3) is 0.467. The number of likely N-dealkylation sites (tertiary alicyclic amines) is 1. The summed E-state index contributed by atoms with van der Waals surface area (Å²) in [4.78, 5) is 24.4. The fourth-order valence-electron chi connectivity index (χ4n) is 2.57. The summed E-state index contributed by atoms with van der Waals surface area (Å²) in [6.07, 6.45) is 1.04. The molecule has 7 nitrogen and oxygen atoms in total. The van der Waals surface area contributed by atoms with Gasteiger partial charge in [-0.15, -0.1) is 0 Å². The van der Waals surface area contributed by atoms with Crippen LogP contribution < -0.4 is 5.32 Å². The van der Waals surface area contributed by atoms with Crippen LogP contribution in [-0.4, -0.2) is 49.3 Å². The van der Waals surface area contributed by atoms with Crippen molar-refractivity contribution < 1.29 is 27.5 Å². The zero-order valence-corrected chi connectivity index (χ0v) is 14.0. The predicted molar refractivity (Wildman–Crippen MR) is 85.1 cm³/mol. The Bertz CT molecular complexity index is 750. The first-order chi connectivity index (χ1) is 11.2. The van der Waals surface area contributed by atoms with E-state index >= 15 is 0 Å². The average Bonchev–Trinajstić information content (AvgIpc) is 2.56. The van der Waals surface area contributed by atoms with Gasteiger partial charge in [-0.05, 0) is 31.0 Å². The van der Waals surface area contributed by atoms with Crippen LogP contribution in [0.2, 0.25) is 0 Å². The van der Waals surface area contributed by atoms with Gasteiger partial charge < -0.3 is 15.3 Å². The van der Waals surface area contributed by atoms with Gasteiger partial charge in [-0.2, -0.15) is 0 Å². The SMILES string of the molecule is CCS(=O)(=O)c1cc(F)ccc1NC(=O)N1CCCC(C(=O)O)C1. The van der Waals surface area contributed by atoms with Gasteiger partial charge in [0.1, 0.15) is 5.82 Å². The second-order valence-corrected chi connectivity index (χ2v) is 7.84. The molecule has 0 bridgehead atoms. The van der Waals surface area contributed by atoms with Crippen molar-refractivity contribution in [3.8, 4) is 0 Å². The van der Waals surface area contributed by atoms with Crippen LogP contribution in [0, 0.1) is 11.7 Å². The van der Waals surface area contributed by atoms with E-state index < -0.39 is 33.6 Å². The number of benzene rings is 1. The Morgan fingerprint density at radius 3 is 2.75 bits per heavy atom. The number of aliphatic carboxylic acids is 1.